The fourth-order valence-corrected chi connectivity index (χ4v) is 2.88. The fourth-order valence-electron chi connectivity index (χ4n) is 2.88. The number of anilines is 2. The van der Waals surface area contributed by atoms with Gasteiger partial charge < -0.3 is 15.4 Å². The van der Waals surface area contributed by atoms with E-state index in [1.807, 2.05) is 24.3 Å². The lowest BCUT2D eigenvalue weighted by molar-refractivity contribution is -0.607. The van der Waals surface area contributed by atoms with E-state index < -0.39 is 5.91 Å². The van der Waals surface area contributed by atoms with Crippen LogP contribution in [0.3, 0.4) is 0 Å². The van der Waals surface area contributed by atoms with Gasteiger partial charge in [-0.05, 0) is 43.2 Å². The number of rotatable bonds is 3. The van der Waals surface area contributed by atoms with Crippen LogP contribution in [-0.2, 0) is 0 Å². The molecule has 1 fully saturated rings. The number of carbonyl (C=O) groups is 1. The normalized spacial score (nSPS) is 15.0. The Kier molecular flexibility index (Phi) is 4.76. The zero-order valence-electron chi connectivity index (χ0n) is 13.1. The molecule has 0 radical (unpaired) electrons. The highest BCUT2D eigenvalue weighted by Gasteiger charge is 2.15. The van der Waals surface area contributed by atoms with E-state index in [1.165, 1.54) is 43.6 Å². The van der Waals surface area contributed by atoms with E-state index in [0.29, 0.717) is 10.4 Å². The maximum atomic E-state index is 12.1. The SMILES string of the molecule is O=C(Nc1ccc(N2CCCCCC2)cc1)c1cccc[n+]1[O-]. The van der Waals surface area contributed by atoms with Crippen LogP contribution in [0.15, 0.2) is 48.7 Å². The molecule has 1 amide bonds. The Balaban J connectivity index is 1.67. The van der Waals surface area contributed by atoms with Gasteiger partial charge in [0.1, 0.15) is 0 Å². The van der Waals surface area contributed by atoms with Gasteiger partial charge in [-0.3, -0.25) is 4.79 Å². The van der Waals surface area contributed by atoms with Gasteiger partial charge in [0.2, 0.25) is 0 Å². The quantitative estimate of drug-likeness (QED) is 0.700. The van der Waals surface area contributed by atoms with Crippen LogP contribution in [0.1, 0.15) is 36.2 Å². The molecule has 1 N–H and O–H groups in total. The second-order valence-corrected chi connectivity index (χ2v) is 5.81. The van der Waals surface area contributed by atoms with Gasteiger partial charge in [0.15, 0.2) is 6.20 Å². The summed E-state index contributed by atoms with van der Waals surface area (Å²) in [5.41, 5.74) is 1.96. The molecule has 0 saturated carbocycles. The van der Waals surface area contributed by atoms with Crippen LogP contribution in [-0.4, -0.2) is 19.0 Å². The summed E-state index contributed by atoms with van der Waals surface area (Å²) in [6.45, 7) is 2.18. The Morgan fingerprint density at radius 3 is 2.35 bits per heavy atom. The summed E-state index contributed by atoms with van der Waals surface area (Å²) in [6, 6.07) is 12.6. The van der Waals surface area contributed by atoms with E-state index in [9.17, 15) is 10.0 Å². The molecular weight excluding hydrogens is 290 g/mol. The second kappa shape index (κ2) is 7.13. The third-order valence-electron chi connectivity index (χ3n) is 4.15. The van der Waals surface area contributed by atoms with Crippen molar-refractivity contribution in [2.24, 2.45) is 0 Å². The first-order valence-electron chi connectivity index (χ1n) is 8.08. The van der Waals surface area contributed by atoms with Crippen molar-refractivity contribution >= 4 is 17.3 Å². The third-order valence-corrected chi connectivity index (χ3v) is 4.15. The van der Waals surface area contributed by atoms with Crippen molar-refractivity contribution < 1.29 is 9.52 Å². The number of amides is 1. The van der Waals surface area contributed by atoms with Crippen molar-refractivity contribution in [1.82, 2.24) is 0 Å². The summed E-state index contributed by atoms with van der Waals surface area (Å²) < 4.78 is 0.570. The first-order chi connectivity index (χ1) is 11.2. The van der Waals surface area contributed by atoms with Crippen LogP contribution < -0.4 is 14.9 Å². The number of nitrogens with zero attached hydrogens (tertiary/aromatic N) is 2. The summed E-state index contributed by atoms with van der Waals surface area (Å²) in [5, 5.41) is 14.4. The molecule has 0 bridgehead atoms. The Hall–Kier alpha value is -2.56. The zero-order chi connectivity index (χ0) is 16.1. The monoisotopic (exact) mass is 311 g/mol. The van der Waals surface area contributed by atoms with E-state index in [-0.39, 0.29) is 5.69 Å². The molecule has 1 saturated heterocycles. The summed E-state index contributed by atoms with van der Waals surface area (Å²) >= 11 is 0. The second-order valence-electron chi connectivity index (χ2n) is 5.81. The van der Waals surface area contributed by atoms with Crippen molar-refractivity contribution in [2.75, 3.05) is 23.3 Å². The van der Waals surface area contributed by atoms with E-state index >= 15 is 0 Å². The lowest BCUT2D eigenvalue weighted by Crippen LogP contribution is -2.36. The number of nitrogens with one attached hydrogen (secondary N) is 1. The molecule has 23 heavy (non-hydrogen) atoms. The molecule has 1 aliphatic heterocycles. The highest BCUT2D eigenvalue weighted by atomic mass is 16.5. The summed E-state index contributed by atoms with van der Waals surface area (Å²) in [4.78, 5) is 14.5. The minimum atomic E-state index is -0.400. The fraction of sp³-hybridized carbons (Fsp3) is 0.333. The number of benzene rings is 1. The predicted molar refractivity (Wildman–Crippen MR) is 90.5 cm³/mol. The Bertz CT molecular complexity index is 662. The van der Waals surface area contributed by atoms with Gasteiger partial charge in [0, 0.05) is 36.6 Å². The number of hydrogen-bond donors (Lipinski definition) is 1. The van der Waals surface area contributed by atoms with E-state index in [2.05, 4.69) is 10.2 Å². The van der Waals surface area contributed by atoms with Crippen LogP contribution in [0, 0.1) is 5.21 Å². The van der Waals surface area contributed by atoms with Crippen LogP contribution in [0.25, 0.3) is 0 Å². The smallest absolute Gasteiger partial charge is 0.321 e. The Morgan fingerprint density at radius 1 is 1.00 bits per heavy atom. The van der Waals surface area contributed by atoms with Gasteiger partial charge in [-0.15, -0.1) is 0 Å². The number of hydrogen-bond acceptors (Lipinski definition) is 3. The number of pyridine rings is 1. The first kappa shape index (κ1) is 15.3. The van der Waals surface area contributed by atoms with Crippen molar-refractivity contribution in [3.63, 3.8) is 0 Å². The van der Waals surface area contributed by atoms with Gasteiger partial charge in [-0.1, -0.05) is 12.8 Å². The van der Waals surface area contributed by atoms with E-state index in [0.717, 1.165) is 13.1 Å². The predicted octanol–water partition coefficient (Wildman–Crippen LogP) is 2.95. The molecule has 1 aliphatic rings. The topological polar surface area (TPSA) is 59.3 Å². The molecule has 120 valence electrons. The average molecular weight is 311 g/mol. The molecule has 1 aromatic heterocycles. The van der Waals surface area contributed by atoms with Crippen molar-refractivity contribution in [3.8, 4) is 0 Å². The highest BCUT2D eigenvalue weighted by Crippen LogP contribution is 2.21. The summed E-state index contributed by atoms with van der Waals surface area (Å²) in [5.74, 6) is -0.400. The van der Waals surface area contributed by atoms with Gasteiger partial charge >= 0.3 is 5.91 Å². The number of carbonyl (C=O) groups excluding carboxylic acids is 1. The van der Waals surface area contributed by atoms with Gasteiger partial charge in [0.05, 0.1) is 0 Å². The summed E-state index contributed by atoms with van der Waals surface area (Å²) in [6.07, 6.45) is 6.39. The van der Waals surface area contributed by atoms with Crippen molar-refractivity contribution in [3.05, 3.63) is 59.6 Å². The van der Waals surface area contributed by atoms with E-state index in [4.69, 9.17) is 0 Å². The molecule has 3 rings (SSSR count). The molecular formula is C18H21N3O2. The zero-order valence-corrected chi connectivity index (χ0v) is 13.1. The molecule has 2 heterocycles. The summed E-state index contributed by atoms with van der Waals surface area (Å²) in [7, 11) is 0. The van der Waals surface area contributed by atoms with Crippen LogP contribution in [0.5, 0.6) is 0 Å². The molecule has 5 nitrogen and oxygen atoms in total. The maximum absolute atomic E-state index is 12.1. The van der Waals surface area contributed by atoms with Crippen LogP contribution in [0.2, 0.25) is 0 Å². The molecule has 1 aromatic carbocycles. The lowest BCUT2D eigenvalue weighted by atomic mass is 10.2. The Morgan fingerprint density at radius 2 is 1.70 bits per heavy atom. The average Bonchev–Trinajstić information content (AvgIpc) is 2.85. The van der Waals surface area contributed by atoms with Crippen LogP contribution >= 0.6 is 0 Å². The van der Waals surface area contributed by atoms with Gasteiger partial charge in [-0.25, -0.2) is 0 Å². The molecule has 5 heteroatoms. The maximum Gasteiger partial charge on any atom is 0.321 e. The molecule has 0 spiro atoms. The minimum absolute atomic E-state index is 0.0871. The molecule has 0 aliphatic carbocycles. The van der Waals surface area contributed by atoms with Crippen LogP contribution in [0.4, 0.5) is 11.4 Å². The largest absolute Gasteiger partial charge is 0.618 e. The van der Waals surface area contributed by atoms with Crippen molar-refractivity contribution in [2.45, 2.75) is 25.7 Å². The molecule has 0 atom stereocenters. The standard InChI is InChI=1S/C18H21N3O2/c22-18(17-7-3-6-14-21(17)23)19-15-8-10-16(11-9-15)20-12-4-1-2-5-13-20/h3,6-11,14H,1-2,4-5,12-13H2,(H,19,22). The van der Waals surface area contributed by atoms with E-state index in [1.54, 1.807) is 12.1 Å². The first-order valence-corrected chi connectivity index (χ1v) is 8.08. The third kappa shape index (κ3) is 3.80. The molecule has 2 aromatic rings. The lowest BCUT2D eigenvalue weighted by Gasteiger charge is -2.22. The van der Waals surface area contributed by atoms with Gasteiger partial charge in [-0.2, -0.15) is 4.73 Å². The molecule has 0 unspecified atom stereocenters. The van der Waals surface area contributed by atoms with Gasteiger partial charge in [0.25, 0.3) is 5.69 Å². The highest BCUT2D eigenvalue weighted by molar-refractivity contribution is 6.01. The number of aromatic nitrogens is 1. The minimum Gasteiger partial charge on any atom is -0.618 e. The Labute approximate surface area is 136 Å². The van der Waals surface area contributed by atoms with Crippen molar-refractivity contribution in [1.29, 1.82) is 0 Å².